The molecule has 0 saturated carbocycles. The van der Waals surface area contributed by atoms with E-state index in [1.807, 2.05) is 18.7 Å². The number of carbonyl (C=O) groups is 2. The molecule has 2 aliphatic rings. The Bertz CT molecular complexity index is 901. The summed E-state index contributed by atoms with van der Waals surface area (Å²) >= 11 is 0. The van der Waals surface area contributed by atoms with Crippen molar-refractivity contribution in [2.24, 2.45) is 29.4 Å². The minimum Gasteiger partial charge on any atom is -0.372 e. The summed E-state index contributed by atoms with van der Waals surface area (Å²) in [7, 11) is 0. The largest absolute Gasteiger partial charge is 0.417 e. The number of likely N-dealkylation sites (tertiary alicyclic amines) is 1. The first-order valence-electron chi connectivity index (χ1n) is 10.9. The fourth-order valence-corrected chi connectivity index (χ4v) is 4.94. The number of nitrogens with two attached hydrogens (primary N) is 1. The second-order valence-electron chi connectivity index (χ2n) is 9.23. The molecule has 0 unspecified atom stereocenters. The summed E-state index contributed by atoms with van der Waals surface area (Å²) in [6.45, 7) is 5.86. The molecule has 0 aliphatic carbocycles. The van der Waals surface area contributed by atoms with Crippen LogP contribution in [0.5, 0.6) is 0 Å². The molecule has 32 heavy (non-hydrogen) atoms. The molecule has 2 heterocycles. The van der Waals surface area contributed by atoms with Gasteiger partial charge in [0, 0.05) is 38.3 Å². The first-order valence-corrected chi connectivity index (χ1v) is 10.9. The number of piperidine rings is 1. The van der Waals surface area contributed by atoms with Crippen molar-refractivity contribution in [3.63, 3.8) is 0 Å². The number of halogens is 3. The predicted molar refractivity (Wildman–Crippen MR) is 113 cm³/mol. The van der Waals surface area contributed by atoms with E-state index in [-0.39, 0.29) is 23.7 Å². The quantitative estimate of drug-likeness (QED) is 0.745. The second-order valence-corrected chi connectivity index (χ2v) is 9.23. The van der Waals surface area contributed by atoms with Crippen LogP contribution in [-0.4, -0.2) is 42.9 Å². The number of benzene rings is 1. The van der Waals surface area contributed by atoms with Crippen LogP contribution >= 0.6 is 0 Å². The van der Waals surface area contributed by atoms with Gasteiger partial charge in [-0.05, 0) is 48.8 Å². The van der Waals surface area contributed by atoms with E-state index < -0.39 is 29.1 Å². The van der Waals surface area contributed by atoms with Crippen LogP contribution in [0.3, 0.4) is 0 Å². The smallest absolute Gasteiger partial charge is 0.372 e. The van der Waals surface area contributed by atoms with Crippen LogP contribution in [0.2, 0.25) is 0 Å². The normalized spacial score (nSPS) is 22.3. The lowest BCUT2D eigenvalue weighted by Crippen LogP contribution is -2.40. The van der Waals surface area contributed by atoms with Gasteiger partial charge < -0.3 is 15.5 Å². The van der Waals surface area contributed by atoms with E-state index in [1.54, 1.807) is 17.0 Å². The molecule has 1 aromatic rings. The summed E-state index contributed by atoms with van der Waals surface area (Å²) in [5, 5.41) is 8.99. The van der Waals surface area contributed by atoms with Crippen LogP contribution in [0.1, 0.15) is 44.2 Å². The predicted octanol–water partition coefficient (Wildman–Crippen LogP) is 3.40. The van der Waals surface area contributed by atoms with Gasteiger partial charge in [-0.2, -0.15) is 18.4 Å². The summed E-state index contributed by atoms with van der Waals surface area (Å²) in [6, 6.07) is 5.39. The van der Waals surface area contributed by atoms with Crippen molar-refractivity contribution in [2.75, 3.05) is 31.1 Å². The van der Waals surface area contributed by atoms with E-state index in [1.165, 1.54) is 6.07 Å². The fourth-order valence-electron chi connectivity index (χ4n) is 4.94. The summed E-state index contributed by atoms with van der Waals surface area (Å²) in [4.78, 5) is 28.2. The zero-order chi connectivity index (χ0) is 23.6. The number of alkyl halides is 3. The number of primary amides is 1. The monoisotopic (exact) mass is 450 g/mol. The van der Waals surface area contributed by atoms with E-state index >= 15 is 0 Å². The molecule has 3 rings (SSSR count). The molecule has 0 radical (unpaired) electrons. The molecule has 2 fully saturated rings. The van der Waals surface area contributed by atoms with Gasteiger partial charge in [0.15, 0.2) is 0 Å². The van der Waals surface area contributed by atoms with Gasteiger partial charge in [-0.3, -0.25) is 9.59 Å². The molecular weight excluding hydrogens is 421 g/mol. The van der Waals surface area contributed by atoms with E-state index in [2.05, 4.69) is 0 Å². The lowest BCUT2D eigenvalue weighted by molar-refractivity contribution is -0.137. The summed E-state index contributed by atoms with van der Waals surface area (Å²) in [6.07, 6.45) is -2.77. The van der Waals surface area contributed by atoms with E-state index in [0.717, 1.165) is 6.07 Å². The Morgan fingerprint density at radius 1 is 1.22 bits per heavy atom. The number of nitrogens with zero attached hydrogens (tertiary/aromatic N) is 3. The summed E-state index contributed by atoms with van der Waals surface area (Å²) < 4.78 is 39.9. The Balaban J connectivity index is 1.69. The average Bonchev–Trinajstić information content (AvgIpc) is 3.18. The van der Waals surface area contributed by atoms with Crippen LogP contribution in [0.15, 0.2) is 18.2 Å². The fraction of sp³-hybridized carbons (Fsp3) is 0.609. The Labute approximate surface area is 186 Å². The number of amides is 2. The molecule has 9 heteroatoms. The molecule has 1 aromatic carbocycles. The van der Waals surface area contributed by atoms with E-state index in [9.17, 15) is 22.8 Å². The molecule has 0 aromatic heterocycles. The van der Waals surface area contributed by atoms with Crippen molar-refractivity contribution in [1.29, 1.82) is 5.26 Å². The van der Waals surface area contributed by atoms with Gasteiger partial charge in [0.2, 0.25) is 11.8 Å². The molecule has 2 N–H and O–H groups in total. The first kappa shape index (κ1) is 23.9. The highest BCUT2D eigenvalue weighted by Crippen LogP contribution is 2.39. The standard InChI is InChI=1S/C23H29F3N4O2/c1-14(2)9-21(31)30-12-18(19(13-30)22(28)32)15-5-7-29(8-6-15)17-4-3-16(11-27)20(10-17)23(24,25)26/h3-4,10,14-15,18-19H,5-9,12-13H2,1-2H3,(H2,28,32)/t18-,19+/m0/s1. The zero-order valence-corrected chi connectivity index (χ0v) is 18.4. The third-order valence-electron chi connectivity index (χ3n) is 6.61. The Morgan fingerprint density at radius 2 is 1.88 bits per heavy atom. The topological polar surface area (TPSA) is 90.4 Å². The number of carbonyl (C=O) groups excluding carboxylic acids is 2. The molecular formula is C23H29F3N4O2. The maximum atomic E-state index is 13.3. The van der Waals surface area contributed by atoms with Crippen molar-refractivity contribution in [1.82, 2.24) is 4.90 Å². The second kappa shape index (κ2) is 9.39. The molecule has 2 atom stereocenters. The van der Waals surface area contributed by atoms with E-state index in [0.29, 0.717) is 51.1 Å². The highest BCUT2D eigenvalue weighted by atomic mass is 19.4. The van der Waals surface area contributed by atoms with Crippen LogP contribution in [0.25, 0.3) is 0 Å². The Hall–Kier alpha value is -2.76. The molecule has 0 bridgehead atoms. The SMILES string of the molecule is CC(C)CC(=O)N1C[C@@H](C(N)=O)[C@H](C2CCN(c3ccc(C#N)c(C(F)(F)F)c3)CC2)C1. The van der Waals surface area contributed by atoms with Gasteiger partial charge in [0.25, 0.3) is 0 Å². The van der Waals surface area contributed by atoms with Gasteiger partial charge in [-0.1, -0.05) is 13.8 Å². The van der Waals surface area contributed by atoms with Gasteiger partial charge in [-0.15, -0.1) is 0 Å². The van der Waals surface area contributed by atoms with Crippen molar-refractivity contribution in [3.05, 3.63) is 29.3 Å². The molecule has 174 valence electrons. The molecule has 6 nitrogen and oxygen atoms in total. The van der Waals surface area contributed by atoms with Crippen LogP contribution in [-0.2, 0) is 15.8 Å². The third kappa shape index (κ3) is 5.17. The van der Waals surface area contributed by atoms with Crippen LogP contribution in [0, 0.1) is 35.0 Å². The summed E-state index contributed by atoms with van der Waals surface area (Å²) in [5.41, 5.74) is 4.75. The van der Waals surface area contributed by atoms with E-state index in [4.69, 9.17) is 11.0 Å². The minimum atomic E-state index is -4.59. The van der Waals surface area contributed by atoms with Gasteiger partial charge in [-0.25, -0.2) is 0 Å². The maximum absolute atomic E-state index is 13.3. The van der Waals surface area contributed by atoms with Crippen molar-refractivity contribution < 1.29 is 22.8 Å². The van der Waals surface area contributed by atoms with Crippen LogP contribution < -0.4 is 10.6 Å². The molecule has 2 amide bonds. The lowest BCUT2D eigenvalue weighted by Gasteiger charge is -2.37. The van der Waals surface area contributed by atoms with Gasteiger partial charge >= 0.3 is 6.18 Å². The molecule has 2 aliphatic heterocycles. The van der Waals surface area contributed by atoms with Crippen LogP contribution in [0.4, 0.5) is 18.9 Å². The van der Waals surface area contributed by atoms with Gasteiger partial charge in [0.05, 0.1) is 23.1 Å². The van der Waals surface area contributed by atoms with Crippen molar-refractivity contribution in [2.45, 2.75) is 39.3 Å². The number of hydrogen-bond acceptors (Lipinski definition) is 4. The highest BCUT2D eigenvalue weighted by molar-refractivity contribution is 5.81. The number of rotatable bonds is 5. The average molecular weight is 451 g/mol. The number of anilines is 1. The number of nitriles is 1. The highest BCUT2D eigenvalue weighted by Gasteiger charge is 2.43. The maximum Gasteiger partial charge on any atom is 0.417 e. The molecule has 0 spiro atoms. The number of hydrogen-bond donors (Lipinski definition) is 1. The Kier molecular flexibility index (Phi) is 7.01. The van der Waals surface area contributed by atoms with Crippen molar-refractivity contribution in [3.8, 4) is 6.07 Å². The minimum absolute atomic E-state index is 0.0301. The lowest BCUT2D eigenvalue weighted by atomic mass is 9.78. The molecule has 2 saturated heterocycles. The zero-order valence-electron chi connectivity index (χ0n) is 18.4. The van der Waals surface area contributed by atoms with Crippen molar-refractivity contribution >= 4 is 17.5 Å². The summed E-state index contributed by atoms with van der Waals surface area (Å²) in [5.74, 6) is -0.401. The Morgan fingerprint density at radius 3 is 2.41 bits per heavy atom. The first-order chi connectivity index (χ1) is 15.0. The van der Waals surface area contributed by atoms with Gasteiger partial charge in [0.1, 0.15) is 0 Å². The third-order valence-corrected chi connectivity index (χ3v) is 6.61.